The van der Waals surface area contributed by atoms with Gasteiger partial charge in [-0.05, 0) is 22.0 Å². The van der Waals surface area contributed by atoms with Gasteiger partial charge in [-0.25, -0.2) is 9.78 Å². The highest BCUT2D eigenvalue weighted by Crippen LogP contribution is 2.31. The van der Waals surface area contributed by atoms with Crippen LogP contribution in [0.5, 0.6) is 0 Å². The number of halogens is 1. The Kier molecular flexibility index (Phi) is 2.52. The van der Waals surface area contributed by atoms with Crippen LogP contribution in [0.2, 0.25) is 0 Å². The Morgan fingerprint density at radius 2 is 2.43 bits per heavy atom. The van der Waals surface area contributed by atoms with Gasteiger partial charge in [0.15, 0.2) is 5.69 Å². The van der Waals surface area contributed by atoms with E-state index in [9.17, 15) is 4.79 Å². The van der Waals surface area contributed by atoms with Crippen LogP contribution in [0, 0.1) is 0 Å². The Morgan fingerprint density at radius 1 is 1.64 bits per heavy atom. The Balaban J connectivity index is 2.71. The zero-order chi connectivity index (χ0) is 10.1. The number of aromatic nitrogens is 1. The number of hydrogen-bond donors (Lipinski definition) is 0. The number of nitrogens with zero attached hydrogens (tertiary/aromatic N) is 1. The first-order chi connectivity index (χ1) is 6.74. The van der Waals surface area contributed by atoms with Crippen molar-refractivity contribution in [3.05, 3.63) is 27.8 Å². The second-order valence-electron chi connectivity index (χ2n) is 2.61. The van der Waals surface area contributed by atoms with E-state index < -0.39 is 5.97 Å². The van der Waals surface area contributed by atoms with Crippen LogP contribution in [0.1, 0.15) is 10.5 Å². The molecule has 2 rings (SSSR count). The third-order valence-corrected chi connectivity index (χ3v) is 3.78. The van der Waals surface area contributed by atoms with Gasteiger partial charge in [-0.2, -0.15) is 0 Å². The zero-order valence-electron chi connectivity index (χ0n) is 7.28. The first kappa shape index (κ1) is 9.61. The lowest BCUT2D eigenvalue weighted by Gasteiger charge is -1.98. The summed E-state index contributed by atoms with van der Waals surface area (Å²) in [7, 11) is 1.35. The second kappa shape index (κ2) is 3.67. The van der Waals surface area contributed by atoms with Crippen molar-refractivity contribution in [3.63, 3.8) is 0 Å². The molecule has 0 fully saturated rings. The number of ether oxygens (including phenoxy) is 1. The molecule has 0 saturated heterocycles. The van der Waals surface area contributed by atoms with Crippen LogP contribution in [0.3, 0.4) is 0 Å². The van der Waals surface area contributed by atoms with Crippen LogP contribution < -0.4 is 0 Å². The Bertz CT molecular complexity index is 495. The molecule has 2 heterocycles. The van der Waals surface area contributed by atoms with Crippen molar-refractivity contribution in [3.8, 4) is 0 Å². The minimum Gasteiger partial charge on any atom is -0.464 e. The molecule has 3 nitrogen and oxygen atoms in total. The lowest BCUT2D eigenvalue weighted by Crippen LogP contribution is -2.03. The number of esters is 1. The number of fused-ring (bicyclic) bond motifs is 1. The molecule has 0 unspecified atom stereocenters. The first-order valence-electron chi connectivity index (χ1n) is 3.84. The first-order valence-corrected chi connectivity index (χ1v) is 5.51. The highest BCUT2D eigenvalue weighted by molar-refractivity contribution is 9.10. The van der Waals surface area contributed by atoms with Gasteiger partial charge in [0.25, 0.3) is 0 Å². The molecular weight excluding hydrogens is 266 g/mol. The van der Waals surface area contributed by atoms with Crippen LogP contribution in [0.15, 0.2) is 22.1 Å². The van der Waals surface area contributed by atoms with E-state index in [1.165, 1.54) is 18.4 Å². The van der Waals surface area contributed by atoms with Gasteiger partial charge >= 0.3 is 5.97 Å². The summed E-state index contributed by atoms with van der Waals surface area (Å²) in [6, 6.07) is 1.86. The molecule has 0 amide bonds. The van der Waals surface area contributed by atoms with Crippen molar-refractivity contribution < 1.29 is 9.53 Å². The van der Waals surface area contributed by atoms with E-state index in [1.807, 2.05) is 11.4 Å². The average Bonchev–Trinajstić information content (AvgIpc) is 2.59. The smallest absolute Gasteiger partial charge is 0.358 e. The van der Waals surface area contributed by atoms with Crippen LogP contribution >= 0.6 is 27.3 Å². The van der Waals surface area contributed by atoms with E-state index in [0.717, 1.165) is 14.6 Å². The molecule has 0 aliphatic heterocycles. The van der Waals surface area contributed by atoms with Crippen molar-refractivity contribution in [1.82, 2.24) is 4.98 Å². The summed E-state index contributed by atoms with van der Waals surface area (Å²) in [5, 5.41) is 2.92. The number of hydrogen-bond acceptors (Lipinski definition) is 4. The zero-order valence-corrected chi connectivity index (χ0v) is 9.68. The third kappa shape index (κ3) is 1.42. The van der Waals surface area contributed by atoms with Gasteiger partial charge in [0.05, 0.1) is 11.8 Å². The van der Waals surface area contributed by atoms with Crippen molar-refractivity contribution in [2.75, 3.05) is 7.11 Å². The number of carbonyl (C=O) groups excluding carboxylic acids is 1. The number of thiophene rings is 1. The Morgan fingerprint density at radius 3 is 3.14 bits per heavy atom. The van der Waals surface area contributed by atoms with Gasteiger partial charge in [-0.15, -0.1) is 11.3 Å². The quantitative estimate of drug-likeness (QED) is 0.749. The molecule has 0 aliphatic rings. The van der Waals surface area contributed by atoms with Gasteiger partial charge in [0, 0.05) is 21.4 Å². The molecule has 72 valence electrons. The van der Waals surface area contributed by atoms with Gasteiger partial charge in [0.1, 0.15) is 0 Å². The van der Waals surface area contributed by atoms with E-state index in [2.05, 4.69) is 25.7 Å². The molecular formula is C9H6BrNO2S. The summed E-state index contributed by atoms with van der Waals surface area (Å²) in [6.07, 6.45) is 1.60. The lowest BCUT2D eigenvalue weighted by atomic mass is 10.3. The Hall–Kier alpha value is -0.940. The summed E-state index contributed by atoms with van der Waals surface area (Å²) in [5.74, 6) is -0.398. The van der Waals surface area contributed by atoms with Crippen LogP contribution in [-0.2, 0) is 4.74 Å². The van der Waals surface area contributed by atoms with Gasteiger partial charge < -0.3 is 4.74 Å². The molecule has 0 aromatic carbocycles. The summed E-state index contributed by atoms with van der Waals surface area (Å²) in [6.45, 7) is 0. The minimum atomic E-state index is -0.398. The second-order valence-corrected chi connectivity index (χ2v) is 4.35. The fraction of sp³-hybridized carbons (Fsp3) is 0.111. The van der Waals surface area contributed by atoms with E-state index in [0.29, 0.717) is 5.69 Å². The minimum absolute atomic E-state index is 0.376. The van der Waals surface area contributed by atoms with E-state index in [4.69, 9.17) is 0 Å². The van der Waals surface area contributed by atoms with Gasteiger partial charge in [-0.3, -0.25) is 0 Å². The predicted molar refractivity (Wildman–Crippen MR) is 58.7 cm³/mol. The van der Waals surface area contributed by atoms with Crippen molar-refractivity contribution >= 4 is 43.3 Å². The van der Waals surface area contributed by atoms with Crippen LogP contribution in [0.25, 0.3) is 10.1 Å². The molecule has 0 N–H and O–H groups in total. The maximum atomic E-state index is 11.3. The molecule has 0 bridgehead atoms. The fourth-order valence-electron chi connectivity index (χ4n) is 1.17. The number of methoxy groups -OCH3 is 1. The largest absolute Gasteiger partial charge is 0.464 e. The van der Waals surface area contributed by atoms with Crippen molar-refractivity contribution in [1.29, 1.82) is 0 Å². The number of rotatable bonds is 1. The van der Waals surface area contributed by atoms with Crippen molar-refractivity contribution in [2.24, 2.45) is 0 Å². The third-order valence-electron chi connectivity index (χ3n) is 1.82. The van der Waals surface area contributed by atoms with E-state index in [1.54, 1.807) is 6.20 Å². The Labute approximate surface area is 92.8 Å². The summed E-state index contributed by atoms with van der Waals surface area (Å²) < 4.78 is 6.47. The average molecular weight is 272 g/mol. The topological polar surface area (TPSA) is 39.2 Å². The highest BCUT2D eigenvalue weighted by atomic mass is 79.9. The molecule has 0 spiro atoms. The molecule has 0 saturated carbocycles. The molecule has 14 heavy (non-hydrogen) atoms. The van der Waals surface area contributed by atoms with Gasteiger partial charge in [0.2, 0.25) is 0 Å². The van der Waals surface area contributed by atoms with Gasteiger partial charge in [-0.1, -0.05) is 0 Å². The highest BCUT2D eigenvalue weighted by Gasteiger charge is 2.14. The standard InChI is InChI=1S/C9H6BrNO2S/c1-13-9(12)7-8-5(2-3-11-7)6(10)4-14-8/h2-4H,1H3. The lowest BCUT2D eigenvalue weighted by molar-refractivity contribution is 0.0597. The maximum Gasteiger partial charge on any atom is 0.358 e. The molecule has 0 radical (unpaired) electrons. The fourth-order valence-corrected chi connectivity index (χ4v) is 2.81. The number of pyridine rings is 1. The predicted octanol–water partition coefficient (Wildman–Crippen LogP) is 2.85. The van der Waals surface area contributed by atoms with Crippen LogP contribution in [0.4, 0.5) is 0 Å². The maximum absolute atomic E-state index is 11.3. The molecule has 2 aromatic rings. The molecule has 0 aliphatic carbocycles. The molecule has 0 atom stereocenters. The normalized spacial score (nSPS) is 10.4. The van der Waals surface area contributed by atoms with Crippen LogP contribution in [-0.4, -0.2) is 18.1 Å². The van der Waals surface area contributed by atoms with E-state index >= 15 is 0 Å². The summed E-state index contributed by atoms with van der Waals surface area (Å²) >= 11 is 4.88. The molecule has 2 aromatic heterocycles. The summed E-state index contributed by atoms with van der Waals surface area (Å²) in [5.41, 5.74) is 0.376. The summed E-state index contributed by atoms with van der Waals surface area (Å²) in [4.78, 5) is 15.3. The molecule has 5 heteroatoms. The monoisotopic (exact) mass is 271 g/mol. The SMILES string of the molecule is COC(=O)c1nccc2c(Br)csc12. The van der Waals surface area contributed by atoms with E-state index in [-0.39, 0.29) is 0 Å². The van der Waals surface area contributed by atoms with Crippen molar-refractivity contribution in [2.45, 2.75) is 0 Å². The number of carbonyl (C=O) groups is 1.